The topological polar surface area (TPSA) is 68.3 Å². The van der Waals surface area contributed by atoms with Crippen molar-refractivity contribution >= 4 is 16.9 Å². The lowest BCUT2D eigenvalue weighted by Gasteiger charge is -1.99. The van der Waals surface area contributed by atoms with Gasteiger partial charge in [-0.15, -0.1) is 0 Å². The van der Waals surface area contributed by atoms with Crippen LogP contribution in [0.1, 0.15) is 16.1 Å². The highest BCUT2D eigenvalue weighted by Crippen LogP contribution is 2.26. The van der Waals surface area contributed by atoms with E-state index in [1.807, 2.05) is 6.07 Å². The molecule has 3 rings (SSSR count). The van der Waals surface area contributed by atoms with E-state index in [2.05, 4.69) is 5.10 Å². The predicted octanol–water partition coefficient (Wildman–Crippen LogP) is 2.38. The van der Waals surface area contributed by atoms with E-state index < -0.39 is 5.97 Å². The Labute approximate surface area is 102 Å². The second-order valence-electron chi connectivity index (χ2n) is 3.91. The molecule has 0 aliphatic rings. The molecule has 5 heteroatoms. The zero-order chi connectivity index (χ0) is 12.5. The van der Waals surface area contributed by atoms with Crippen LogP contribution in [-0.2, 0) is 6.54 Å². The smallest absolute Gasteiger partial charge is 0.339 e. The fraction of sp³-hybridized carbons (Fsp3) is 0.0769. The van der Waals surface area contributed by atoms with E-state index in [4.69, 9.17) is 4.42 Å². The molecule has 1 N–H and O–H groups in total. The maximum Gasteiger partial charge on any atom is 0.339 e. The van der Waals surface area contributed by atoms with Gasteiger partial charge in [0.15, 0.2) is 0 Å². The lowest BCUT2D eigenvalue weighted by molar-refractivity contribution is 0.0696. The fourth-order valence-corrected chi connectivity index (χ4v) is 1.98. The average molecular weight is 242 g/mol. The zero-order valence-electron chi connectivity index (χ0n) is 9.41. The van der Waals surface area contributed by atoms with E-state index >= 15 is 0 Å². The molecule has 1 aromatic carbocycles. The van der Waals surface area contributed by atoms with Crippen LogP contribution < -0.4 is 0 Å². The van der Waals surface area contributed by atoms with Crippen LogP contribution in [0.5, 0.6) is 0 Å². The Morgan fingerprint density at radius 2 is 2.17 bits per heavy atom. The Morgan fingerprint density at radius 3 is 2.89 bits per heavy atom. The van der Waals surface area contributed by atoms with Gasteiger partial charge in [-0.3, -0.25) is 4.68 Å². The monoisotopic (exact) mass is 242 g/mol. The summed E-state index contributed by atoms with van der Waals surface area (Å²) < 4.78 is 7.22. The van der Waals surface area contributed by atoms with Crippen LogP contribution in [0.4, 0.5) is 0 Å². The number of aromatic carboxylic acids is 1. The Bertz CT molecular complexity index is 698. The molecular weight excluding hydrogens is 232 g/mol. The minimum atomic E-state index is -0.984. The molecule has 5 nitrogen and oxygen atoms in total. The van der Waals surface area contributed by atoms with E-state index in [1.165, 1.54) is 0 Å². The van der Waals surface area contributed by atoms with Crippen molar-refractivity contribution in [3.63, 3.8) is 0 Å². The number of aromatic nitrogens is 2. The number of hydrogen-bond donors (Lipinski definition) is 1. The Kier molecular flexibility index (Phi) is 2.37. The number of fused-ring (bicyclic) bond motifs is 1. The molecular formula is C13H10N2O3. The molecule has 2 heterocycles. The first-order chi connectivity index (χ1) is 8.75. The minimum absolute atomic E-state index is 0.209. The van der Waals surface area contributed by atoms with Gasteiger partial charge in [-0.1, -0.05) is 18.2 Å². The number of rotatable bonds is 3. The molecule has 0 unspecified atom stereocenters. The third-order valence-electron chi connectivity index (χ3n) is 2.75. The quantitative estimate of drug-likeness (QED) is 0.765. The maximum absolute atomic E-state index is 11.3. The summed E-state index contributed by atoms with van der Waals surface area (Å²) in [4.78, 5) is 11.3. The first-order valence-electron chi connectivity index (χ1n) is 5.47. The van der Waals surface area contributed by atoms with Crippen molar-refractivity contribution in [3.05, 3.63) is 54.0 Å². The second kappa shape index (κ2) is 4.03. The number of hydrogen-bond acceptors (Lipinski definition) is 3. The first kappa shape index (κ1) is 10.6. The molecule has 0 aliphatic carbocycles. The van der Waals surface area contributed by atoms with Gasteiger partial charge in [0.25, 0.3) is 0 Å². The van der Waals surface area contributed by atoms with E-state index in [1.54, 1.807) is 41.3 Å². The first-order valence-corrected chi connectivity index (χ1v) is 5.47. The molecule has 0 bridgehead atoms. The molecule has 0 saturated heterocycles. The highest BCUT2D eigenvalue weighted by Gasteiger charge is 2.20. The normalized spacial score (nSPS) is 10.9. The largest absolute Gasteiger partial charge is 0.478 e. The number of carbonyl (C=O) groups is 1. The predicted molar refractivity (Wildman–Crippen MR) is 64.5 cm³/mol. The van der Waals surface area contributed by atoms with Gasteiger partial charge >= 0.3 is 5.97 Å². The summed E-state index contributed by atoms with van der Waals surface area (Å²) in [6, 6.07) is 8.89. The van der Waals surface area contributed by atoms with Gasteiger partial charge in [-0.25, -0.2) is 4.79 Å². The molecule has 90 valence electrons. The Hall–Kier alpha value is -2.56. The van der Waals surface area contributed by atoms with Gasteiger partial charge in [0.2, 0.25) is 0 Å². The third-order valence-corrected chi connectivity index (χ3v) is 2.75. The van der Waals surface area contributed by atoms with Crippen molar-refractivity contribution in [2.75, 3.05) is 0 Å². The van der Waals surface area contributed by atoms with E-state index in [9.17, 15) is 9.90 Å². The zero-order valence-corrected chi connectivity index (χ0v) is 9.41. The summed E-state index contributed by atoms with van der Waals surface area (Å²) in [5, 5.41) is 14.0. The molecule has 0 aliphatic heterocycles. The van der Waals surface area contributed by atoms with Crippen LogP contribution in [0.2, 0.25) is 0 Å². The minimum Gasteiger partial charge on any atom is -0.478 e. The number of benzene rings is 1. The van der Waals surface area contributed by atoms with E-state index in [0.29, 0.717) is 23.3 Å². The van der Waals surface area contributed by atoms with Crippen LogP contribution in [0.25, 0.3) is 11.0 Å². The second-order valence-corrected chi connectivity index (χ2v) is 3.91. The summed E-state index contributed by atoms with van der Waals surface area (Å²) in [5.41, 5.74) is 0.790. The van der Waals surface area contributed by atoms with Crippen molar-refractivity contribution in [1.82, 2.24) is 9.78 Å². The number of furan rings is 1. The third kappa shape index (κ3) is 1.66. The van der Waals surface area contributed by atoms with Gasteiger partial charge in [-0.05, 0) is 12.1 Å². The summed E-state index contributed by atoms with van der Waals surface area (Å²) in [6.07, 6.45) is 3.40. The highest BCUT2D eigenvalue weighted by molar-refractivity contribution is 6.03. The van der Waals surface area contributed by atoms with Crippen molar-refractivity contribution in [1.29, 1.82) is 0 Å². The van der Waals surface area contributed by atoms with Crippen molar-refractivity contribution in [2.45, 2.75) is 6.54 Å². The molecule has 0 fully saturated rings. The van der Waals surface area contributed by atoms with Crippen LogP contribution in [-0.4, -0.2) is 20.9 Å². The molecule has 0 spiro atoms. The highest BCUT2D eigenvalue weighted by atomic mass is 16.4. The average Bonchev–Trinajstić information content (AvgIpc) is 2.95. The number of carboxylic acid groups (broad SMARTS) is 1. The molecule has 2 aromatic heterocycles. The van der Waals surface area contributed by atoms with Gasteiger partial charge in [0.1, 0.15) is 16.9 Å². The summed E-state index contributed by atoms with van der Waals surface area (Å²) in [6.45, 7) is 0.309. The molecule has 0 atom stereocenters. The Balaban J connectivity index is 2.16. The van der Waals surface area contributed by atoms with E-state index in [0.717, 1.165) is 0 Å². The van der Waals surface area contributed by atoms with Crippen LogP contribution in [0, 0.1) is 0 Å². The molecule has 18 heavy (non-hydrogen) atoms. The number of nitrogens with zero attached hydrogens (tertiary/aromatic N) is 2. The van der Waals surface area contributed by atoms with Gasteiger partial charge in [0.05, 0.1) is 6.54 Å². The number of carboxylic acids is 1. The summed E-state index contributed by atoms with van der Waals surface area (Å²) in [5.74, 6) is -0.575. The lowest BCUT2D eigenvalue weighted by atomic mass is 10.1. The molecule has 0 radical (unpaired) electrons. The molecule has 0 saturated carbocycles. The fourth-order valence-electron chi connectivity index (χ4n) is 1.98. The van der Waals surface area contributed by atoms with Crippen LogP contribution in [0.3, 0.4) is 0 Å². The number of para-hydroxylation sites is 1. The van der Waals surface area contributed by atoms with Crippen molar-refractivity contribution < 1.29 is 14.3 Å². The Morgan fingerprint density at radius 1 is 1.33 bits per heavy atom. The van der Waals surface area contributed by atoms with Gasteiger partial charge in [0, 0.05) is 17.8 Å². The lowest BCUT2D eigenvalue weighted by Crippen LogP contribution is -2.05. The van der Waals surface area contributed by atoms with E-state index in [-0.39, 0.29) is 5.56 Å². The summed E-state index contributed by atoms with van der Waals surface area (Å²) in [7, 11) is 0. The van der Waals surface area contributed by atoms with Gasteiger partial charge in [-0.2, -0.15) is 5.10 Å². The van der Waals surface area contributed by atoms with Crippen molar-refractivity contribution in [2.24, 2.45) is 0 Å². The van der Waals surface area contributed by atoms with Crippen LogP contribution >= 0.6 is 0 Å². The van der Waals surface area contributed by atoms with Crippen molar-refractivity contribution in [3.8, 4) is 0 Å². The molecule has 3 aromatic rings. The molecule has 0 amide bonds. The standard InChI is InChI=1S/C13H10N2O3/c16-13(17)12-9-4-1-2-5-10(9)18-11(12)8-15-7-3-6-14-15/h1-7H,8H2,(H,16,17). The van der Waals surface area contributed by atoms with Crippen LogP contribution in [0.15, 0.2) is 47.1 Å². The van der Waals surface area contributed by atoms with Gasteiger partial charge < -0.3 is 9.52 Å². The SMILES string of the molecule is O=C(O)c1c(Cn2cccn2)oc2ccccc12. The summed E-state index contributed by atoms with van der Waals surface area (Å²) >= 11 is 0. The maximum atomic E-state index is 11.3.